The van der Waals surface area contributed by atoms with Crippen molar-refractivity contribution in [2.24, 2.45) is 7.05 Å². The largest absolute Gasteiger partial charge is 0.461 e. The Morgan fingerprint density at radius 2 is 2.16 bits per heavy atom. The Kier molecular flexibility index (Phi) is 4.41. The van der Waals surface area contributed by atoms with Crippen LogP contribution in [0.5, 0.6) is 6.01 Å². The lowest BCUT2D eigenvalue weighted by atomic mass is 9.93. The maximum Gasteiger partial charge on any atom is 0.359 e. The van der Waals surface area contributed by atoms with E-state index in [1.54, 1.807) is 14.0 Å². The molecule has 1 aliphatic carbocycles. The number of rotatable bonds is 5. The van der Waals surface area contributed by atoms with Crippen molar-refractivity contribution in [3.05, 3.63) is 23.0 Å². The summed E-state index contributed by atoms with van der Waals surface area (Å²) in [6, 6.07) is -2.17. The highest BCUT2D eigenvalue weighted by Gasteiger charge is 2.30. The molecule has 0 aliphatic heterocycles. The van der Waals surface area contributed by atoms with Gasteiger partial charge in [-0.1, -0.05) is 0 Å². The summed E-state index contributed by atoms with van der Waals surface area (Å²) in [5.74, 6) is -0.534. The average molecular weight is 370 g/mol. The monoisotopic (exact) mass is 370 g/mol. The fraction of sp³-hybridized carbons (Fsp3) is 0.429. The predicted molar refractivity (Wildman–Crippen MR) is 83.1 cm³/mol. The summed E-state index contributed by atoms with van der Waals surface area (Å²) in [7, 11) is -2.75. The van der Waals surface area contributed by atoms with Crippen LogP contribution in [0.25, 0.3) is 11.4 Å². The first-order valence-corrected chi connectivity index (χ1v) is 9.01. The van der Waals surface area contributed by atoms with Gasteiger partial charge in [-0.15, -0.1) is 0 Å². The minimum Gasteiger partial charge on any atom is -0.461 e. The summed E-state index contributed by atoms with van der Waals surface area (Å²) in [5.41, 5.74) is 2.55. The van der Waals surface area contributed by atoms with Gasteiger partial charge in [0.05, 0.1) is 18.0 Å². The zero-order valence-corrected chi connectivity index (χ0v) is 14.3. The van der Waals surface area contributed by atoms with Crippen LogP contribution in [0.3, 0.4) is 0 Å². The van der Waals surface area contributed by atoms with Crippen LogP contribution in [0.1, 0.15) is 28.5 Å². The topological polar surface area (TPSA) is 113 Å². The Morgan fingerprint density at radius 3 is 2.84 bits per heavy atom. The Balaban J connectivity index is 2.07. The molecule has 1 aliphatic rings. The highest BCUT2D eigenvalue weighted by atomic mass is 32.2. The first-order chi connectivity index (χ1) is 11.9. The summed E-state index contributed by atoms with van der Waals surface area (Å²) in [6.45, 7) is 1.92. The molecule has 0 N–H and O–H groups in total. The number of alkyl halides is 1. The highest BCUT2D eigenvalue weighted by molar-refractivity contribution is 7.86. The second-order valence-electron chi connectivity index (χ2n) is 5.30. The molecular weight excluding hydrogens is 355 g/mol. The van der Waals surface area contributed by atoms with Gasteiger partial charge >= 0.3 is 22.1 Å². The van der Waals surface area contributed by atoms with Crippen molar-refractivity contribution < 1.29 is 26.5 Å². The highest BCUT2D eigenvalue weighted by Crippen LogP contribution is 2.34. The molecule has 0 spiro atoms. The molecule has 0 atom stereocenters. The molecule has 2 aromatic heterocycles. The second kappa shape index (κ2) is 6.39. The normalized spacial score (nSPS) is 13.1. The molecule has 25 heavy (non-hydrogen) atoms. The van der Waals surface area contributed by atoms with Gasteiger partial charge in [0, 0.05) is 18.8 Å². The first kappa shape index (κ1) is 17.3. The number of carbonyl (C=O) groups is 1. The Bertz CT molecular complexity index is 941. The van der Waals surface area contributed by atoms with Crippen LogP contribution in [-0.2, 0) is 34.7 Å². The van der Waals surface area contributed by atoms with Crippen LogP contribution in [0, 0.1) is 0 Å². The van der Waals surface area contributed by atoms with E-state index in [4.69, 9.17) is 4.74 Å². The third-order valence-corrected chi connectivity index (χ3v) is 4.33. The minimum absolute atomic E-state index is 0.197. The van der Waals surface area contributed by atoms with E-state index >= 15 is 0 Å². The van der Waals surface area contributed by atoms with Gasteiger partial charge in [-0.05, 0) is 25.3 Å². The van der Waals surface area contributed by atoms with Gasteiger partial charge in [-0.3, -0.25) is 4.68 Å². The standard InChI is InChI=1S/C14H15FN4O5S/c1-3-23-13(20)11-9-5-4-8-6-16-14(24-25(21,22)7-15)17-10(8)12(9)19(2)18-11/h6H,3-5,7H2,1-2H3. The number of ether oxygens (including phenoxy) is 1. The van der Waals surface area contributed by atoms with E-state index in [-0.39, 0.29) is 12.3 Å². The molecule has 2 heterocycles. The van der Waals surface area contributed by atoms with Crippen LogP contribution in [0.4, 0.5) is 4.39 Å². The van der Waals surface area contributed by atoms with Crippen molar-refractivity contribution >= 4 is 16.1 Å². The Labute approximate surface area is 142 Å². The van der Waals surface area contributed by atoms with Crippen molar-refractivity contribution in [2.45, 2.75) is 19.8 Å². The number of carbonyl (C=O) groups excluding carboxylic acids is 1. The van der Waals surface area contributed by atoms with Gasteiger partial charge in [-0.2, -0.15) is 18.5 Å². The number of esters is 1. The molecule has 9 nitrogen and oxygen atoms in total. The summed E-state index contributed by atoms with van der Waals surface area (Å²) in [6.07, 6.45) is 2.50. The molecule has 0 aromatic carbocycles. The first-order valence-electron chi connectivity index (χ1n) is 7.43. The number of hydrogen-bond donors (Lipinski definition) is 0. The SMILES string of the molecule is CCOC(=O)c1nn(C)c2c1CCc1cnc(OS(=O)(=O)CF)nc1-2. The number of aromatic nitrogens is 4. The van der Waals surface area contributed by atoms with Crippen molar-refractivity contribution in [3.63, 3.8) is 0 Å². The second-order valence-corrected chi connectivity index (χ2v) is 6.80. The molecule has 134 valence electrons. The molecule has 0 saturated carbocycles. The summed E-state index contributed by atoms with van der Waals surface area (Å²) in [4.78, 5) is 19.9. The van der Waals surface area contributed by atoms with E-state index in [1.165, 1.54) is 10.9 Å². The van der Waals surface area contributed by atoms with E-state index in [2.05, 4.69) is 19.2 Å². The van der Waals surface area contributed by atoms with E-state index in [1.807, 2.05) is 0 Å². The lowest BCUT2D eigenvalue weighted by molar-refractivity contribution is 0.0517. The van der Waals surface area contributed by atoms with E-state index in [9.17, 15) is 17.6 Å². The van der Waals surface area contributed by atoms with Gasteiger partial charge in [0.25, 0.3) is 0 Å². The number of aryl methyl sites for hydroxylation is 2. The molecule has 0 fully saturated rings. The van der Waals surface area contributed by atoms with Gasteiger partial charge < -0.3 is 8.92 Å². The Morgan fingerprint density at radius 1 is 1.40 bits per heavy atom. The van der Waals surface area contributed by atoms with Crippen molar-refractivity contribution in [1.82, 2.24) is 19.7 Å². The third kappa shape index (κ3) is 3.18. The van der Waals surface area contributed by atoms with Crippen LogP contribution >= 0.6 is 0 Å². The molecule has 2 aromatic rings. The lowest BCUT2D eigenvalue weighted by Gasteiger charge is -2.16. The Hall–Kier alpha value is -2.56. The zero-order valence-electron chi connectivity index (χ0n) is 13.5. The zero-order chi connectivity index (χ0) is 18.2. The maximum absolute atomic E-state index is 12.4. The molecule has 0 unspecified atom stereocenters. The van der Waals surface area contributed by atoms with E-state index in [0.717, 1.165) is 5.56 Å². The number of hydrogen-bond acceptors (Lipinski definition) is 8. The number of nitrogens with zero attached hydrogens (tertiary/aromatic N) is 4. The summed E-state index contributed by atoms with van der Waals surface area (Å²) in [5, 5.41) is 4.19. The van der Waals surface area contributed by atoms with Gasteiger partial charge in [0.2, 0.25) is 6.01 Å². The number of halogens is 1. The van der Waals surface area contributed by atoms with Crippen LogP contribution in [0.2, 0.25) is 0 Å². The predicted octanol–water partition coefficient (Wildman–Crippen LogP) is 0.788. The fourth-order valence-corrected chi connectivity index (χ4v) is 3.03. The minimum atomic E-state index is -4.39. The van der Waals surface area contributed by atoms with Crippen molar-refractivity contribution in [1.29, 1.82) is 0 Å². The number of fused-ring (bicyclic) bond motifs is 3. The van der Waals surface area contributed by atoms with E-state index in [0.29, 0.717) is 29.8 Å². The fourth-order valence-electron chi connectivity index (χ4n) is 2.68. The molecule has 0 saturated heterocycles. The van der Waals surface area contributed by atoms with Crippen LogP contribution < -0.4 is 4.18 Å². The quantitative estimate of drug-likeness (QED) is 0.561. The molecule has 0 radical (unpaired) electrons. The van der Waals surface area contributed by atoms with Crippen molar-refractivity contribution in [3.8, 4) is 17.4 Å². The van der Waals surface area contributed by atoms with Crippen molar-refractivity contribution in [2.75, 3.05) is 12.6 Å². The van der Waals surface area contributed by atoms with Gasteiger partial charge in [0.15, 0.2) is 5.69 Å². The average Bonchev–Trinajstić information content (AvgIpc) is 2.92. The summed E-state index contributed by atoms with van der Waals surface area (Å²) < 4.78 is 45.9. The van der Waals surface area contributed by atoms with E-state index < -0.39 is 28.1 Å². The van der Waals surface area contributed by atoms with Gasteiger partial charge in [-0.25, -0.2) is 14.2 Å². The lowest BCUT2D eigenvalue weighted by Crippen LogP contribution is -2.15. The molecule has 3 rings (SSSR count). The smallest absolute Gasteiger partial charge is 0.359 e. The third-order valence-electron chi connectivity index (χ3n) is 3.66. The maximum atomic E-state index is 12.4. The molecule has 0 amide bonds. The molecular formula is C14H15FN4O5S. The molecule has 0 bridgehead atoms. The van der Waals surface area contributed by atoms with Crippen LogP contribution in [0.15, 0.2) is 6.20 Å². The molecule has 11 heteroatoms. The van der Waals surface area contributed by atoms with Crippen LogP contribution in [-0.4, -0.2) is 46.7 Å². The summed E-state index contributed by atoms with van der Waals surface area (Å²) >= 11 is 0. The van der Waals surface area contributed by atoms with Gasteiger partial charge in [0.1, 0.15) is 0 Å².